The summed E-state index contributed by atoms with van der Waals surface area (Å²) < 4.78 is 27.6. The van der Waals surface area contributed by atoms with E-state index in [4.69, 9.17) is 23.4 Å². The quantitative estimate of drug-likeness (QED) is 0.127. The van der Waals surface area contributed by atoms with Gasteiger partial charge in [-0.3, -0.25) is 4.79 Å². The van der Waals surface area contributed by atoms with Crippen LogP contribution in [0.25, 0.3) is 22.3 Å². The third-order valence-corrected chi connectivity index (χ3v) is 7.30. The summed E-state index contributed by atoms with van der Waals surface area (Å²) >= 11 is 0. The zero-order valence-electron chi connectivity index (χ0n) is 22.1. The fraction of sp³-hybridized carbons (Fsp3) is 0.444. The highest BCUT2D eigenvalue weighted by Crippen LogP contribution is 2.36. The van der Waals surface area contributed by atoms with Crippen LogP contribution in [0, 0.1) is 5.92 Å². The predicted octanol–water partition coefficient (Wildman–Crippen LogP) is -2.22. The van der Waals surface area contributed by atoms with E-state index in [1.807, 2.05) is 0 Å². The molecule has 43 heavy (non-hydrogen) atoms. The summed E-state index contributed by atoms with van der Waals surface area (Å²) in [4.78, 5) is 12.8. The van der Waals surface area contributed by atoms with Crippen molar-refractivity contribution in [3.63, 3.8) is 0 Å². The number of aromatic hydroxyl groups is 3. The molecule has 2 aliphatic rings. The molecule has 2 aromatic carbocycles. The summed E-state index contributed by atoms with van der Waals surface area (Å²) in [6.07, 6.45) is -15.1. The second-order valence-electron chi connectivity index (χ2n) is 10.2. The van der Waals surface area contributed by atoms with Crippen molar-refractivity contribution in [2.24, 2.45) is 5.92 Å². The minimum absolute atomic E-state index is 0.0296. The predicted molar refractivity (Wildman–Crippen MR) is 140 cm³/mol. The van der Waals surface area contributed by atoms with Gasteiger partial charge in [-0.25, -0.2) is 0 Å². The van der Waals surface area contributed by atoms with Crippen molar-refractivity contribution in [3.8, 4) is 34.3 Å². The van der Waals surface area contributed by atoms with Crippen LogP contribution in [0.4, 0.5) is 0 Å². The van der Waals surface area contributed by atoms with E-state index >= 15 is 0 Å². The number of fused-ring (bicyclic) bond motifs is 1. The summed E-state index contributed by atoms with van der Waals surface area (Å²) in [5.74, 6) is -2.94. The van der Waals surface area contributed by atoms with Gasteiger partial charge in [-0.1, -0.05) is 0 Å². The lowest BCUT2D eigenvalue weighted by atomic mass is 9.94. The van der Waals surface area contributed by atoms with Crippen LogP contribution in [0.15, 0.2) is 45.6 Å². The number of phenolic OH excluding ortho intramolecular Hbond substituents is 3. The standard InChI is InChI=1S/C27H30O16/c28-7-18-21(34)22(35)24(37)27(42-18)39-8-11-20(33)23(36)25(38)43-26(11)40-10-4-14(31)19-15(32)6-16(41-17(19)5-10)9-1-2-12(29)13(30)3-9/h1-6,11,18,20-31,33-38H,7-8H2. The molecule has 5 rings (SSSR count). The highest BCUT2D eigenvalue weighted by atomic mass is 16.7. The van der Waals surface area contributed by atoms with E-state index < -0.39 is 97.3 Å². The fourth-order valence-electron chi connectivity index (χ4n) is 4.87. The molecule has 0 radical (unpaired) electrons. The summed E-state index contributed by atoms with van der Waals surface area (Å²) in [5.41, 5.74) is -0.598. The minimum atomic E-state index is -1.93. The monoisotopic (exact) mass is 610 g/mol. The first kappa shape index (κ1) is 30.9. The van der Waals surface area contributed by atoms with E-state index in [-0.39, 0.29) is 28.0 Å². The Balaban J connectivity index is 1.42. The molecule has 2 aliphatic heterocycles. The Kier molecular flexibility index (Phi) is 8.77. The van der Waals surface area contributed by atoms with E-state index in [0.29, 0.717) is 0 Å². The molecule has 0 amide bonds. The molecule has 2 fully saturated rings. The molecule has 2 saturated heterocycles. The summed E-state index contributed by atoms with van der Waals surface area (Å²) in [5, 5.41) is 100. The van der Waals surface area contributed by atoms with Gasteiger partial charge in [0.1, 0.15) is 58.7 Å². The first-order valence-electron chi connectivity index (χ1n) is 13.0. The van der Waals surface area contributed by atoms with Crippen molar-refractivity contribution in [2.75, 3.05) is 13.2 Å². The Hall–Kier alpha value is -3.55. The molecule has 16 nitrogen and oxygen atoms in total. The molecular weight excluding hydrogens is 580 g/mol. The number of rotatable bonds is 7. The lowest BCUT2D eigenvalue weighted by Gasteiger charge is -2.43. The van der Waals surface area contributed by atoms with Crippen molar-refractivity contribution in [2.45, 2.75) is 55.5 Å². The van der Waals surface area contributed by atoms with Crippen molar-refractivity contribution >= 4 is 11.0 Å². The zero-order chi connectivity index (χ0) is 31.2. The van der Waals surface area contributed by atoms with Gasteiger partial charge in [0.25, 0.3) is 0 Å². The number of ether oxygens (including phenoxy) is 4. The Bertz CT molecular complexity index is 1510. The van der Waals surface area contributed by atoms with Crippen LogP contribution in [0.1, 0.15) is 0 Å². The van der Waals surface area contributed by atoms with Crippen molar-refractivity contribution < 1.29 is 74.4 Å². The summed E-state index contributed by atoms with van der Waals surface area (Å²) in [6.45, 7) is -1.30. The molecule has 10 N–H and O–H groups in total. The average molecular weight is 611 g/mol. The van der Waals surface area contributed by atoms with Crippen LogP contribution >= 0.6 is 0 Å². The van der Waals surface area contributed by atoms with E-state index in [9.17, 15) is 55.9 Å². The maximum Gasteiger partial charge on any atom is 0.210 e. The molecule has 3 heterocycles. The van der Waals surface area contributed by atoms with Gasteiger partial charge >= 0.3 is 0 Å². The van der Waals surface area contributed by atoms with Gasteiger partial charge in [-0.15, -0.1) is 0 Å². The fourth-order valence-corrected chi connectivity index (χ4v) is 4.87. The Labute approximate surface area is 241 Å². The molecule has 0 aliphatic carbocycles. The van der Waals surface area contributed by atoms with Crippen molar-refractivity contribution in [1.29, 1.82) is 0 Å². The molecule has 234 valence electrons. The van der Waals surface area contributed by atoms with E-state index in [1.165, 1.54) is 18.2 Å². The molecule has 0 bridgehead atoms. The normalized spacial score (nSPS) is 33.0. The number of phenols is 3. The van der Waals surface area contributed by atoms with Gasteiger partial charge in [-0.05, 0) is 18.2 Å². The maximum absolute atomic E-state index is 12.8. The smallest absolute Gasteiger partial charge is 0.210 e. The SMILES string of the molecule is O=c1cc(-c2ccc(O)c(O)c2)oc2cc(OC3OC(O)C(O)C(O)C3COC3OC(CO)C(O)C(O)C3O)cc(O)c12. The second-order valence-corrected chi connectivity index (χ2v) is 10.2. The molecule has 3 aromatic rings. The molecule has 16 heteroatoms. The maximum atomic E-state index is 12.8. The highest BCUT2D eigenvalue weighted by molar-refractivity contribution is 5.86. The third-order valence-electron chi connectivity index (χ3n) is 7.30. The van der Waals surface area contributed by atoms with E-state index in [2.05, 4.69) is 0 Å². The molecular formula is C27H30O16. The highest BCUT2D eigenvalue weighted by Gasteiger charge is 2.48. The lowest BCUT2D eigenvalue weighted by molar-refractivity contribution is -0.335. The molecule has 0 saturated carbocycles. The van der Waals surface area contributed by atoms with Gasteiger partial charge in [0.05, 0.1) is 25.2 Å². The van der Waals surface area contributed by atoms with Crippen molar-refractivity contribution in [3.05, 3.63) is 46.6 Å². The summed E-state index contributed by atoms with van der Waals surface area (Å²) in [7, 11) is 0. The summed E-state index contributed by atoms with van der Waals surface area (Å²) in [6, 6.07) is 7.02. The van der Waals surface area contributed by atoms with E-state index in [0.717, 1.165) is 18.2 Å². The minimum Gasteiger partial charge on any atom is -0.507 e. The van der Waals surface area contributed by atoms with Gasteiger partial charge < -0.3 is 74.4 Å². The van der Waals surface area contributed by atoms with Crippen LogP contribution in [-0.2, 0) is 14.2 Å². The number of hydrogen-bond acceptors (Lipinski definition) is 16. The van der Waals surface area contributed by atoms with Gasteiger partial charge in [0.15, 0.2) is 29.5 Å². The topological polar surface area (TPSA) is 269 Å². The number of aliphatic hydroxyl groups excluding tert-OH is 7. The average Bonchev–Trinajstić information content (AvgIpc) is 2.96. The number of benzene rings is 2. The Morgan fingerprint density at radius 3 is 2.19 bits per heavy atom. The van der Waals surface area contributed by atoms with Crippen LogP contribution in [0.5, 0.6) is 23.0 Å². The first-order chi connectivity index (χ1) is 20.4. The molecule has 10 unspecified atom stereocenters. The Morgan fingerprint density at radius 2 is 1.49 bits per heavy atom. The van der Waals surface area contributed by atoms with Gasteiger partial charge in [-0.2, -0.15) is 0 Å². The Morgan fingerprint density at radius 1 is 0.744 bits per heavy atom. The van der Waals surface area contributed by atoms with Crippen LogP contribution in [-0.4, -0.2) is 120 Å². The van der Waals surface area contributed by atoms with Crippen LogP contribution < -0.4 is 10.2 Å². The third kappa shape index (κ3) is 5.98. The largest absolute Gasteiger partial charge is 0.507 e. The number of aliphatic hydroxyl groups is 7. The lowest BCUT2D eigenvalue weighted by Crippen LogP contribution is -2.61. The molecule has 0 spiro atoms. The van der Waals surface area contributed by atoms with Gasteiger partial charge in [0.2, 0.25) is 6.29 Å². The second kappa shape index (κ2) is 12.2. The van der Waals surface area contributed by atoms with E-state index in [1.54, 1.807) is 0 Å². The number of hydrogen-bond donors (Lipinski definition) is 10. The van der Waals surface area contributed by atoms with Crippen molar-refractivity contribution in [1.82, 2.24) is 0 Å². The van der Waals surface area contributed by atoms with Gasteiger partial charge in [0, 0.05) is 23.8 Å². The van der Waals surface area contributed by atoms with Crippen LogP contribution in [0.3, 0.4) is 0 Å². The first-order valence-corrected chi connectivity index (χ1v) is 13.0. The zero-order valence-corrected chi connectivity index (χ0v) is 22.1. The molecule has 10 atom stereocenters. The van der Waals surface area contributed by atoms with Crippen LogP contribution in [0.2, 0.25) is 0 Å². The molecule has 1 aromatic heterocycles.